The third kappa shape index (κ3) is 10.9. The largest absolute Gasteiger partial charge is 0.328 e. The Morgan fingerprint density at radius 2 is 1.04 bits per heavy atom. The lowest BCUT2D eigenvalue weighted by Gasteiger charge is -2.37. The molecular weight excluding hydrogens is 318 g/mol. The summed E-state index contributed by atoms with van der Waals surface area (Å²) in [7, 11) is 12.2. The van der Waals surface area contributed by atoms with Crippen molar-refractivity contribution in [1.82, 2.24) is 0 Å². The molecule has 0 aromatic carbocycles. The van der Waals surface area contributed by atoms with E-state index in [1.165, 1.54) is 117 Å². The van der Waals surface area contributed by atoms with Crippen molar-refractivity contribution in [1.29, 1.82) is 0 Å². The van der Waals surface area contributed by atoms with Crippen molar-refractivity contribution in [2.45, 2.75) is 64.7 Å². The summed E-state index contributed by atoms with van der Waals surface area (Å²) in [5.41, 5.74) is 0. The molecule has 156 valence electrons. The van der Waals surface area contributed by atoms with Crippen LogP contribution in [-0.4, -0.2) is 94.5 Å². The Morgan fingerprint density at radius 1 is 0.577 bits per heavy atom. The zero-order valence-corrected chi connectivity index (χ0v) is 19.2. The lowest BCUT2D eigenvalue weighted by atomic mass is 10.1. The molecule has 0 unspecified atom stereocenters. The van der Waals surface area contributed by atoms with E-state index in [1.54, 1.807) is 0 Å². The number of nitrogens with zero attached hydrogens (tertiary/aromatic N) is 3. The van der Waals surface area contributed by atoms with Crippen molar-refractivity contribution in [3.8, 4) is 0 Å². The van der Waals surface area contributed by atoms with Gasteiger partial charge in [0.25, 0.3) is 0 Å². The summed E-state index contributed by atoms with van der Waals surface area (Å²) in [5.74, 6) is 0. The highest BCUT2D eigenvalue weighted by molar-refractivity contribution is 4.64. The van der Waals surface area contributed by atoms with Crippen LogP contribution in [0, 0.1) is 6.42 Å². The van der Waals surface area contributed by atoms with Crippen LogP contribution in [0.3, 0.4) is 0 Å². The smallest absolute Gasteiger partial charge is 0.128 e. The molecule has 0 aliphatic carbocycles. The highest BCUT2D eigenvalue weighted by Crippen LogP contribution is 2.15. The first-order valence-corrected chi connectivity index (χ1v) is 11.5. The zero-order valence-electron chi connectivity index (χ0n) is 19.2. The maximum atomic E-state index is 2.57. The number of rotatable bonds is 11. The summed E-state index contributed by atoms with van der Waals surface area (Å²) in [6, 6.07) is 0. The molecule has 0 N–H and O–H groups in total. The van der Waals surface area contributed by atoms with E-state index >= 15 is 0 Å². The maximum Gasteiger partial charge on any atom is 0.128 e. The van der Waals surface area contributed by atoms with Gasteiger partial charge in [0.15, 0.2) is 0 Å². The summed E-state index contributed by atoms with van der Waals surface area (Å²) in [6.07, 6.45) is 15.1. The molecule has 0 saturated carbocycles. The van der Waals surface area contributed by atoms with Gasteiger partial charge in [-0.1, -0.05) is 45.4 Å². The van der Waals surface area contributed by atoms with Crippen LogP contribution in [0.4, 0.5) is 0 Å². The van der Waals surface area contributed by atoms with E-state index in [2.05, 4.69) is 48.6 Å². The van der Waals surface area contributed by atoms with Crippen molar-refractivity contribution in [3.63, 3.8) is 0 Å². The van der Waals surface area contributed by atoms with E-state index < -0.39 is 0 Å². The minimum atomic E-state index is 1.18. The van der Waals surface area contributed by atoms with Gasteiger partial charge in [-0.2, -0.15) is 12.8 Å². The molecule has 1 rings (SSSR count). The fourth-order valence-corrected chi connectivity index (χ4v) is 3.96. The van der Waals surface area contributed by atoms with Gasteiger partial charge in [-0.25, -0.2) is 0 Å². The van der Waals surface area contributed by atoms with Gasteiger partial charge in [0.2, 0.25) is 0 Å². The lowest BCUT2D eigenvalue weighted by Crippen LogP contribution is -2.54. The van der Waals surface area contributed by atoms with E-state index in [0.29, 0.717) is 0 Å². The average molecular weight is 370 g/mol. The molecule has 0 aromatic heterocycles. The number of unbranched alkanes of at least 4 members (excludes halogenated alkanes) is 9. The van der Waals surface area contributed by atoms with E-state index in [1.807, 2.05) is 0 Å². The van der Waals surface area contributed by atoms with Crippen LogP contribution in [0.2, 0.25) is 0 Å². The summed E-state index contributed by atoms with van der Waals surface area (Å²) >= 11 is 0. The fraction of sp³-hybridized carbons (Fsp3) is 0.957. The summed E-state index contributed by atoms with van der Waals surface area (Å²) in [5, 5.41) is 0. The second kappa shape index (κ2) is 11.7. The van der Waals surface area contributed by atoms with Crippen molar-refractivity contribution in [2.75, 3.05) is 81.1 Å². The Kier molecular flexibility index (Phi) is 10.7. The van der Waals surface area contributed by atoms with Crippen LogP contribution in [0.15, 0.2) is 0 Å². The lowest BCUT2D eigenvalue weighted by molar-refractivity contribution is -0.955. The molecule has 1 heterocycles. The van der Waals surface area contributed by atoms with Gasteiger partial charge in [-0.05, 0) is 6.42 Å². The molecule has 26 heavy (non-hydrogen) atoms. The standard InChI is InChI=1S/C23H51N3/c1-7-8-9-10-11-12-13-14-15-16-17-26(6)22-20-24(2,3)18-19-25(4,5)21-23-26/h14H,7-13,15-23H2,1-6H3/q+2. The first kappa shape index (κ1) is 23.9. The van der Waals surface area contributed by atoms with Crippen LogP contribution < -0.4 is 0 Å². The SMILES string of the molecule is CCCCCCCC[CH-]CCC[N+]1(C)CC[N+](C)(C)CC[N+](C)(C)CC1. The monoisotopic (exact) mass is 369 g/mol. The molecule has 1 aliphatic heterocycles. The highest BCUT2D eigenvalue weighted by atomic mass is 15.4. The Balaban J connectivity index is 2.26. The highest BCUT2D eigenvalue weighted by Gasteiger charge is 2.33. The van der Waals surface area contributed by atoms with Crippen LogP contribution in [-0.2, 0) is 0 Å². The second-order valence-electron chi connectivity index (χ2n) is 10.5. The minimum absolute atomic E-state index is 1.18. The molecule has 1 fully saturated rings. The van der Waals surface area contributed by atoms with Crippen molar-refractivity contribution in [3.05, 3.63) is 6.42 Å². The molecule has 0 spiro atoms. The Morgan fingerprint density at radius 3 is 1.62 bits per heavy atom. The quantitative estimate of drug-likeness (QED) is 0.289. The van der Waals surface area contributed by atoms with Crippen LogP contribution in [0.5, 0.6) is 0 Å². The molecule has 0 atom stereocenters. The first-order chi connectivity index (χ1) is 12.2. The molecule has 3 heteroatoms. The predicted octanol–water partition coefficient (Wildman–Crippen LogP) is 4.33. The second-order valence-corrected chi connectivity index (χ2v) is 10.5. The summed E-state index contributed by atoms with van der Waals surface area (Å²) in [4.78, 5) is 0. The van der Waals surface area contributed by atoms with E-state index in [4.69, 9.17) is 0 Å². The molecule has 3 nitrogen and oxygen atoms in total. The maximum absolute atomic E-state index is 2.57. The molecule has 0 bridgehead atoms. The molecular formula is C23H51N3+2. The summed E-state index contributed by atoms with van der Waals surface area (Å²) < 4.78 is 3.63. The Labute approximate surface area is 166 Å². The van der Waals surface area contributed by atoms with Gasteiger partial charge in [-0.3, -0.25) is 0 Å². The Hall–Kier alpha value is -0.120. The first-order valence-electron chi connectivity index (χ1n) is 11.5. The predicted molar refractivity (Wildman–Crippen MR) is 116 cm³/mol. The average Bonchev–Trinajstić information content (AvgIpc) is 2.62. The van der Waals surface area contributed by atoms with Crippen LogP contribution in [0.25, 0.3) is 0 Å². The normalized spacial score (nSPS) is 22.4. The topological polar surface area (TPSA) is 0 Å². The number of hydrogen-bond acceptors (Lipinski definition) is 0. The molecule has 0 aromatic rings. The fourth-order valence-electron chi connectivity index (χ4n) is 3.96. The number of likely N-dealkylation sites (N-methyl/N-ethyl adjacent to an activating group) is 3. The molecule has 0 radical (unpaired) electrons. The van der Waals surface area contributed by atoms with E-state index in [-0.39, 0.29) is 0 Å². The van der Waals surface area contributed by atoms with Crippen molar-refractivity contribution >= 4 is 0 Å². The van der Waals surface area contributed by atoms with Crippen molar-refractivity contribution in [2.24, 2.45) is 0 Å². The van der Waals surface area contributed by atoms with Gasteiger partial charge in [-0.15, -0.1) is 0 Å². The molecule has 1 saturated heterocycles. The van der Waals surface area contributed by atoms with E-state index in [9.17, 15) is 0 Å². The van der Waals surface area contributed by atoms with Crippen molar-refractivity contribution < 1.29 is 13.4 Å². The zero-order chi connectivity index (χ0) is 19.5. The molecule has 0 amide bonds. The third-order valence-electron chi connectivity index (χ3n) is 6.67. The summed E-state index contributed by atoms with van der Waals surface area (Å²) in [6.45, 7) is 11.6. The van der Waals surface area contributed by atoms with E-state index in [0.717, 1.165) is 0 Å². The van der Waals surface area contributed by atoms with Gasteiger partial charge in [0.1, 0.15) is 39.3 Å². The van der Waals surface area contributed by atoms with Gasteiger partial charge in [0, 0.05) is 0 Å². The van der Waals surface area contributed by atoms with Crippen LogP contribution >= 0.6 is 0 Å². The minimum Gasteiger partial charge on any atom is -0.328 e. The number of quaternary nitrogens is 3. The van der Waals surface area contributed by atoms with Gasteiger partial charge in [0.05, 0.1) is 41.8 Å². The third-order valence-corrected chi connectivity index (χ3v) is 6.67. The van der Waals surface area contributed by atoms with Gasteiger partial charge >= 0.3 is 0 Å². The molecule has 1 aliphatic rings. The van der Waals surface area contributed by atoms with Gasteiger partial charge < -0.3 is 19.9 Å². The number of hydrogen-bond donors (Lipinski definition) is 0. The van der Waals surface area contributed by atoms with Crippen LogP contribution in [0.1, 0.15) is 64.7 Å². The Bertz CT molecular complexity index is 342.